The quantitative estimate of drug-likeness (QED) is 0.518. The van der Waals surface area contributed by atoms with Gasteiger partial charge in [0.25, 0.3) is 5.17 Å². The number of rotatable bonds is 7. The molecule has 2 saturated heterocycles. The van der Waals surface area contributed by atoms with Crippen molar-refractivity contribution in [2.45, 2.75) is 20.1 Å². The highest BCUT2D eigenvalue weighted by Crippen LogP contribution is 2.31. The second-order valence-corrected chi connectivity index (χ2v) is 9.36. The van der Waals surface area contributed by atoms with E-state index in [9.17, 15) is 4.79 Å². The first-order valence-corrected chi connectivity index (χ1v) is 12.3. The van der Waals surface area contributed by atoms with Crippen LogP contribution in [-0.2, 0) is 20.9 Å². The molecule has 2 aromatic rings. The smallest absolute Gasteiger partial charge is 0.414 e. The second-order valence-electron chi connectivity index (χ2n) is 8.99. The van der Waals surface area contributed by atoms with E-state index >= 15 is 8.78 Å². The largest absolute Gasteiger partial charge is 0.474 e. The second kappa shape index (κ2) is 13.0. The molecule has 38 heavy (non-hydrogen) atoms. The van der Waals surface area contributed by atoms with Gasteiger partial charge in [-0.1, -0.05) is 19.6 Å². The molecule has 4 rings (SSSR count). The number of ether oxygens (including phenoxy) is 2. The van der Waals surface area contributed by atoms with Crippen LogP contribution < -0.4 is 20.0 Å². The Hall–Kier alpha value is -3.22. The van der Waals surface area contributed by atoms with Crippen LogP contribution in [0.25, 0.3) is 0 Å². The summed E-state index contributed by atoms with van der Waals surface area (Å²) in [5.74, 6) is -1.50. The third-order valence-corrected chi connectivity index (χ3v) is 6.54. The van der Waals surface area contributed by atoms with Crippen LogP contribution in [0.2, 0.25) is 0 Å². The first-order chi connectivity index (χ1) is 17.7. The Morgan fingerprint density at radius 2 is 1.84 bits per heavy atom. The number of carbonyl (C=O) groups excluding carboxylic acids is 1. The number of cyclic esters (lactones) is 1. The Labute approximate surface area is 227 Å². The summed E-state index contributed by atoms with van der Waals surface area (Å²) in [5.41, 5.74) is 2.14. The lowest BCUT2D eigenvalue weighted by Gasteiger charge is -2.24. The molecule has 12 heteroatoms. The van der Waals surface area contributed by atoms with Gasteiger partial charge in [0.2, 0.25) is 0 Å². The van der Waals surface area contributed by atoms with E-state index < -0.39 is 23.8 Å². The average molecular weight is 552 g/mol. The number of carbonyl (C=O) groups is 1. The molecule has 2 aliphatic heterocycles. The molecule has 1 atom stereocenters. The van der Waals surface area contributed by atoms with Crippen LogP contribution in [0.3, 0.4) is 0 Å². The first-order valence-electron chi connectivity index (χ1n) is 11.9. The molecular formula is C26H35F2N5O4S. The van der Waals surface area contributed by atoms with Crippen LogP contribution in [0.4, 0.5) is 30.6 Å². The van der Waals surface area contributed by atoms with Crippen molar-refractivity contribution in [1.82, 2.24) is 10.4 Å². The van der Waals surface area contributed by atoms with Crippen molar-refractivity contribution in [1.29, 1.82) is 0 Å². The predicted octanol–water partition coefficient (Wildman–Crippen LogP) is 3.77. The Bertz CT molecular complexity index is 1100. The maximum atomic E-state index is 15.2. The number of thiocarbonyl (C=S) groups is 1. The summed E-state index contributed by atoms with van der Waals surface area (Å²) in [4.78, 5) is 23.0. The number of nitrogens with zero attached hydrogens (tertiary/aromatic N) is 4. The van der Waals surface area contributed by atoms with Gasteiger partial charge >= 0.3 is 6.09 Å². The van der Waals surface area contributed by atoms with E-state index in [0.29, 0.717) is 26.2 Å². The highest BCUT2D eigenvalue weighted by atomic mass is 32.1. The normalized spacial score (nSPS) is 17.9. The molecule has 208 valence electrons. The fourth-order valence-corrected chi connectivity index (χ4v) is 4.34. The van der Waals surface area contributed by atoms with Gasteiger partial charge in [0, 0.05) is 58.1 Å². The summed E-state index contributed by atoms with van der Waals surface area (Å²) in [6, 6.07) is 10.5. The maximum absolute atomic E-state index is 15.2. The van der Waals surface area contributed by atoms with Crippen LogP contribution in [0.15, 0.2) is 36.4 Å². The molecule has 0 bridgehead atoms. The van der Waals surface area contributed by atoms with Gasteiger partial charge in [-0.05, 0) is 29.9 Å². The number of anilines is 3. The summed E-state index contributed by atoms with van der Waals surface area (Å²) in [6.07, 6.45) is -1.22. The van der Waals surface area contributed by atoms with E-state index in [0.717, 1.165) is 23.4 Å². The molecule has 0 saturated carbocycles. The molecule has 0 aromatic heterocycles. The van der Waals surface area contributed by atoms with E-state index in [1.165, 1.54) is 12.0 Å². The standard InChI is InChI=1S/C25H31F2N5O4S.CH4/c1-29(2)18-6-4-17(5-7-18)15-31-9-8-30(10-11-35-31)23-21(26)12-19(13-22(23)27)32-16-20(36-25(32)33)14-28-24(37)34-3;/h4-7,12-13,20H,8-11,14-16H2,1-3H3,(H,28,37);1H4/t20-;/m0./s1. The molecule has 9 nitrogen and oxygen atoms in total. The topological polar surface area (TPSA) is 69.8 Å². The van der Waals surface area contributed by atoms with E-state index in [1.807, 2.05) is 43.3 Å². The number of benzene rings is 2. The van der Waals surface area contributed by atoms with Crippen LogP contribution in [0.1, 0.15) is 13.0 Å². The molecule has 0 aliphatic carbocycles. The van der Waals surface area contributed by atoms with Crippen molar-refractivity contribution in [2.75, 3.05) is 75.2 Å². The molecule has 1 amide bonds. The molecule has 0 radical (unpaired) electrons. The lowest BCUT2D eigenvalue weighted by atomic mass is 10.2. The van der Waals surface area contributed by atoms with Gasteiger partial charge in [0.15, 0.2) is 11.6 Å². The fourth-order valence-electron chi connectivity index (χ4n) is 4.26. The summed E-state index contributed by atoms with van der Waals surface area (Å²) >= 11 is 4.91. The highest BCUT2D eigenvalue weighted by Gasteiger charge is 2.34. The number of hydroxylamine groups is 2. The van der Waals surface area contributed by atoms with Crippen molar-refractivity contribution < 1.29 is 27.9 Å². The van der Waals surface area contributed by atoms with Gasteiger partial charge in [0.05, 0.1) is 32.5 Å². The number of hydrogen-bond acceptors (Lipinski definition) is 8. The number of amides is 1. The van der Waals surface area contributed by atoms with Gasteiger partial charge in [-0.3, -0.25) is 9.74 Å². The molecule has 2 heterocycles. The van der Waals surface area contributed by atoms with Crippen LogP contribution >= 0.6 is 12.2 Å². The summed E-state index contributed by atoms with van der Waals surface area (Å²) in [6.45, 7) is 2.36. The summed E-state index contributed by atoms with van der Waals surface area (Å²) in [5, 5.41) is 4.78. The van der Waals surface area contributed by atoms with Crippen molar-refractivity contribution in [3.8, 4) is 0 Å². The zero-order valence-electron chi connectivity index (χ0n) is 21.1. The molecular weight excluding hydrogens is 516 g/mol. The minimum absolute atomic E-state index is 0. The molecule has 0 unspecified atom stereocenters. The number of nitrogens with one attached hydrogen (secondary N) is 1. The van der Waals surface area contributed by atoms with Crippen molar-refractivity contribution in [3.05, 3.63) is 53.6 Å². The van der Waals surface area contributed by atoms with Crippen molar-refractivity contribution in [2.24, 2.45) is 0 Å². The van der Waals surface area contributed by atoms with Crippen LogP contribution in [0.5, 0.6) is 0 Å². The zero-order valence-corrected chi connectivity index (χ0v) is 21.9. The first kappa shape index (κ1) is 29.3. The minimum atomic E-state index is -0.752. The lowest BCUT2D eigenvalue weighted by molar-refractivity contribution is -0.154. The predicted molar refractivity (Wildman–Crippen MR) is 148 cm³/mol. The van der Waals surface area contributed by atoms with Gasteiger partial charge < -0.3 is 24.6 Å². The SMILES string of the molecule is C.COC(=S)NC[C@H]1CN(c2cc(F)c(N3CCON(Cc4ccc(N(C)C)cc4)CC3)c(F)c2)C(=O)O1. The Balaban J connectivity index is 0.00000400. The van der Waals surface area contributed by atoms with Crippen LogP contribution in [0, 0.1) is 11.6 Å². The van der Waals surface area contributed by atoms with Gasteiger partial charge in [-0.15, -0.1) is 0 Å². The third kappa shape index (κ3) is 7.00. The summed E-state index contributed by atoms with van der Waals surface area (Å²) in [7, 11) is 5.39. The maximum Gasteiger partial charge on any atom is 0.414 e. The van der Waals surface area contributed by atoms with E-state index in [4.69, 9.17) is 26.5 Å². The molecule has 0 spiro atoms. The fraction of sp³-hybridized carbons (Fsp3) is 0.462. The monoisotopic (exact) mass is 551 g/mol. The summed E-state index contributed by atoms with van der Waals surface area (Å²) < 4.78 is 40.5. The third-order valence-electron chi connectivity index (χ3n) is 6.23. The highest BCUT2D eigenvalue weighted by molar-refractivity contribution is 7.80. The van der Waals surface area contributed by atoms with Crippen molar-refractivity contribution in [3.63, 3.8) is 0 Å². The van der Waals surface area contributed by atoms with Crippen LogP contribution in [-0.4, -0.2) is 83.0 Å². The van der Waals surface area contributed by atoms with E-state index in [2.05, 4.69) is 5.32 Å². The molecule has 2 fully saturated rings. The minimum Gasteiger partial charge on any atom is -0.474 e. The molecule has 1 N–H and O–H groups in total. The Morgan fingerprint density at radius 1 is 1.16 bits per heavy atom. The number of hydrogen-bond donors (Lipinski definition) is 1. The van der Waals surface area contributed by atoms with Gasteiger partial charge in [-0.25, -0.2) is 13.6 Å². The van der Waals surface area contributed by atoms with Gasteiger partial charge in [0.1, 0.15) is 11.8 Å². The van der Waals surface area contributed by atoms with Crippen molar-refractivity contribution >= 4 is 40.5 Å². The number of methoxy groups -OCH3 is 1. The Kier molecular flexibility index (Phi) is 10.1. The number of halogens is 2. The van der Waals surface area contributed by atoms with E-state index in [1.54, 1.807) is 9.96 Å². The van der Waals surface area contributed by atoms with E-state index in [-0.39, 0.29) is 43.7 Å². The molecule has 2 aromatic carbocycles. The average Bonchev–Trinajstić information content (AvgIpc) is 3.10. The Morgan fingerprint density at radius 3 is 2.47 bits per heavy atom. The zero-order chi connectivity index (χ0) is 26.5. The molecule has 2 aliphatic rings. The lowest BCUT2D eigenvalue weighted by Crippen LogP contribution is -2.34. The van der Waals surface area contributed by atoms with Gasteiger partial charge in [-0.2, -0.15) is 5.06 Å².